The molecule has 0 atom stereocenters. The molecular weight excluding hydrogens is 324 g/mol. The summed E-state index contributed by atoms with van der Waals surface area (Å²) in [5.41, 5.74) is 2.89. The number of rotatable bonds is 4. The largest absolute Gasteiger partial charge is 0.508 e. The molecule has 3 N–H and O–H groups in total. The number of carbonyl (C=O) groups excluding carboxylic acids is 1. The highest BCUT2D eigenvalue weighted by atomic mass is 32.1. The molecule has 122 valence electrons. The Labute approximate surface area is 143 Å². The summed E-state index contributed by atoms with van der Waals surface area (Å²) < 4.78 is 0. The van der Waals surface area contributed by atoms with Crippen molar-refractivity contribution in [1.82, 2.24) is 4.98 Å². The van der Waals surface area contributed by atoms with Crippen molar-refractivity contribution in [2.24, 2.45) is 0 Å². The van der Waals surface area contributed by atoms with Crippen LogP contribution in [0.1, 0.15) is 10.6 Å². The minimum atomic E-state index is -0.139. The van der Waals surface area contributed by atoms with Gasteiger partial charge in [0.25, 0.3) is 0 Å². The van der Waals surface area contributed by atoms with Gasteiger partial charge in [-0.25, -0.2) is 4.98 Å². The average Bonchev–Trinajstić information content (AvgIpc) is 2.97. The Kier molecular flexibility index (Phi) is 4.48. The van der Waals surface area contributed by atoms with Crippen LogP contribution in [0.15, 0.2) is 47.8 Å². The summed E-state index contributed by atoms with van der Waals surface area (Å²) in [6.07, 6.45) is 0.165. The Morgan fingerprint density at radius 1 is 1.21 bits per heavy atom. The second-order valence-corrected chi connectivity index (χ2v) is 6.31. The SMILES string of the molecule is Cc1ccccc1NC(=O)Cc1nc(-c2ccc(O)cc2O)cs1. The highest BCUT2D eigenvalue weighted by Crippen LogP contribution is 2.32. The predicted molar refractivity (Wildman–Crippen MR) is 94.4 cm³/mol. The molecular formula is C18H16N2O3S. The number of nitrogens with zero attached hydrogens (tertiary/aromatic N) is 1. The summed E-state index contributed by atoms with van der Waals surface area (Å²) in [5, 5.41) is 24.5. The Bertz CT molecular complexity index is 889. The first kappa shape index (κ1) is 16.0. The van der Waals surface area contributed by atoms with E-state index in [1.54, 1.807) is 11.4 Å². The molecule has 0 aliphatic carbocycles. The number of phenols is 2. The van der Waals surface area contributed by atoms with Gasteiger partial charge in [0, 0.05) is 22.7 Å². The molecule has 2 aromatic carbocycles. The maximum atomic E-state index is 12.2. The van der Waals surface area contributed by atoms with Crippen molar-refractivity contribution in [2.45, 2.75) is 13.3 Å². The highest BCUT2D eigenvalue weighted by molar-refractivity contribution is 7.10. The number of anilines is 1. The first-order chi connectivity index (χ1) is 11.5. The molecule has 0 radical (unpaired) electrons. The van der Waals surface area contributed by atoms with Crippen LogP contribution in [0.5, 0.6) is 11.5 Å². The molecule has 0 bridgehead atoms. The molecule has 3 aromatic rings. The van der Waals surface area contributed by atoms with Gasteiger partial charge in [-0.05, 0) is 30.7 Å². The van der Waals surface area contributed by atoms with Gasteiger partial charge in [-0.2, -0.15) is 0 Å². The number of phenolic OH excluding ortho intramolecular Hbond substituents is 2. The molecule has 0 saturated heterocycles. The zero-order valence-electron chi connectivity index (χ0n) is 13.0. The number of hydrogen-bond donors (Lipinski definition) is 3. The molecule has 3 rings (SSSR count). The Morgan fingerprint density at radius 3 is 2.75 bits per heavy atom. The second-order valence-electron chi connectivity index (χ2n) is 5.37. The van der Waals surface area contributed by atoms with Crippen LogP contribution < -0.4 is 5.32 Å². The van der Waals surface area contributed by atoms with Crippen LogP contribution in [0.25, 0.3) is 11.3 Å². The smallest absolute Gasteiger partial charge is 0.231 e. The van der Waals surface area contributed by atoms with Gasteiger partial charge in [-0.15, -0.1) is 11.3 Å². The third-order valence-corrected chi connectivity index (χ3v) is 4.39. The van der Waals surface area contributed by atoms with Gasteiger partial charge >= 0.3 is 0 Å². The van der Waals surface area contributed by atoms with Crippen molar-refractivity contribution in [3.05, 3.63) is 58.4 Å². The number of carbonyl (C=O) groups is 1. The monoisotopic (exact) mass is 340 g/mol. The van der Waals surface area contributed by atoms with Gasteiger partial charge in [0.05, 0.1) is 12.1 Å². The van der Waals surface area contributed by atoms with Crippen molar-refractivity contribution in [2.75, 3.05) is 5.32 Å². The molecule has 6 heteroatoms. The summed E-state index contributed by atoms with van der Waals surface area (Å²) in [6.45, 7) is 1.94. The summed E-state index contributed by atoms with van der Waals surface area (Å²) >= 11 is 1.35. The van der Waals surface area contributed by atoms with E-state index in [1.807, 2.05) is 31.2 Å². The minimum absolute atomic E-state index is 0.00990. The van der Waals surface area contributed by atoms with Crippen LogP contribution in [-0.4, -0.2) is 21.1 Å². The van der Waals surface area contributed by atoms with Crippen molar-refractivity contribution in [1.29, 1.82) is 0 Å². The molecule has 0 fully saturated rings. The zero-order chi connectivity index (χ0) is 17.1. The van der Waals surface area contributed by atoms with Crippen molar-refractivity contribution in [3.8, 4) is 22.8 Å². The van der Waals surface area contributed by atoms with Crippen LogP contribution in [0.3, 0.4) is 0 Å². The lowest BCUT2D eigenvalue weighted by atomic mass is 10.1. The Morgan fingerprint density at radius 2 is 2.00 bits per heavy atom. The van der Waals surface area contributed by atoms with E-state index in [0.717, 1.165) is 11.3 Å². The summed E-state index contributed by atoms with van der Waals surface area (Å²) in [4.78, 5) is 16.6. The van der Waals surface area contributed by atoms with E-state index in [-0.39, 0.29) is 23.8 Å². The molecule has 0 saturated carbocycles. The topological polar surface area (TPSA) is 82.5 Å². The predicted octanol–water partition coefficient (Wildman–Crippen LogP) is 3.71. The average molecular weight is 340 g/mol. The fourth-order valence-electron chi connectivity index (χ4n) is 2.30. The number of aryl methyl sites for hydroxylation is 1. The van der Waals surface area contributed by atoms with E-state index in [2.05, 4.69) is 10.3 Å². The van der Waals surface area contributed by atoms with E-state index < -0.39 is 0 Å². The highest BCUT2D eigenvalue weighted by Gasteiger charge is 2.12. The van der Waals surface area contributed by atoms with E-state index in [0.29, 0.717) is 16.3 Å². The standard InChI is InChI=1S/C18H16N2O3S/c1-11-4-2-3-5-14(11)19-17(23)9-18-20-15(10-24-18)13-7-6-12(21)8-16(13)22/h2-8,10,21-22H,9H2,1H3,(H,19,23). The van der Waals surface area contributed by atoms with Crippen molar-refractivity contribution in [3.63, 3.8) is 0 Å². The molecule has 24 heavy (non-hydrogen) atoms. The van der Waals surface area contributed by atoms with E-state index >= 15 is 0 Å². The molecule has 0 aliphatic heterocycles. The lowest BCUT2D eigenvalue weighted by Crippen LogP contribution is -2.14. The van der Waals surface area contributed by atoms with Gasteiger partial charge in [-0.1, -0.05) is 18.2 Å². The Balaban J connectivity index is 1.72. The number of benzene rings is 2. The number of nitrogens with one attached hydrogen (secondary N) is 1. The van der Waals surface area contributed by atoms with Crippen LogP contribution in [0.2, 0.25) is 0 Å². The molecule has 1 amide bonds. The normalized spacial score (nSPS) is 10.5. The maximum Gasteiger partial charge on any atom is 0.231 e. The third-order valence-electron chi connectivity index (χ3n) is 3.54. The lowest BCUT2D eigenvalue weighted by Gasteiger charge is -2.06. The van der Waals surface area contributed by atoms with Crippen molar-refractivity contribution >= 4 is 22.9 Å². The summed E-state index contributed by atoms with van der Waals surface area (Å²) in [5.74, 6) is -0.194. The summed E-state index contributed by atoms with van der Waals surface area (Å²) in [7, 11) is 0. The van der Waals surface area contributed by atoms with E-state index in [1.165, 1.54) is 23.5 Å². The van der Waals surface area contributed by atoms with E-state index in [4.69, 9.17) is 0 Å². The molecule has 5 nitrogen and oxygen atoms in total. The second kappa shape index (κ2) is 6.72. The Hall–Kier alpha value is -2.86. The molecule has 0 unspecified atom stereocenters. The molecule has 1 heterocycles. The van der Waals surface area contributed by atoms with Crippen LogP contribution >= 0.6 is 11.3 Å². The summed E-state index contributed by atoms with van der Waals surface area (Å²) in [6, 6.07) is 11.9. The van der Waals surface area contributed by atoms with Crippen LogP contribution in [0, 0.1) is 6.92 Å². The number of aromatic nitrogens is 1. The number of para-hydroxylation sites is 1. The first-order valence-corrected chi connectivity index (χ1v) is 8.23. The van der Waals surface area contributed by atoms with Crippen molar-refractivity contribution < 1.29 is 15.0 Å². The quantitative estimate of drug-likeness (QED) is 0.676. The van der Waals surface area contributed by atoms with Crippen LogP contribution in [-0.2, 0) is 11.2 Å². The zero-order valence-corrected chi connectivity index (χ0v) is 13.8. The van der Waals surface area contributed by atoms with Crippen LogP contribution in [0.4, 0.5) is 5.69 Å². The molecule has 0 aliphatic rings. The minimum Gasteiger partial charge on any atom is -0.508 e. The fraction of sp³-hybridized carbons (Fsp3) is 0.111. The molecule has 0 spiro atoms. The lowest BCUT2D eigenvalue weighted by molar-refractivity contribution is -0.115. The fourth-order valence-corrected chi connectivity index (χ4v) is 3.09. The number of hydrogen-bond acceptors (Lipinski definition) is 5. The van der Waals surface area contributed by atoms with E-state index in [9.17, 15) is 15.0 Å². The number of thiazole rings is 1. The maximum absolute atomic E-state index is 12.2. The van der Waals surface area contributed by atoms with Gasteiger partial charge in [0.2, 0.25) is 5.91 Å². The number of aromatic hydroxyl groups is 2. The third kappa shape index (κ3) is 3.55. The van der Waals surface area contributed by atoms with Gasteiger partial charge < -0.3 is 15.5 Å². The molecule has 1 aromatic heterocycles. The number of amides is 1. The van der Waals surface area contributed by atoms with Gasteiger partial charge in [-0.3, -0.25) is 4.79 Å². The van der Waals surface area contributed by atoms with Gasteiger partial charge in [0.15, 0.2) is 0 Å². The van der Waals surface area contributed by atoms with Gasteiger partial charge in [0.1, 0.15) is 16.5 Å². The first-order valence-electron chi connectivity index (χ1n) is 7.35.